The largest absolute Gasteiger partial charge is 0.313 e. The third-order valence-corrected chi connectivity index (χ3v) is 5.29. The van der Waals surface area contributed by atoms with Crippen molar-refractivity contribution >= 4 is 0 Å². The van der Waals surface area contributed by atoms with E-state index in [1.54, 1.807) is 0 Å². The predicted octanol–water partition coefficient (Wildman–Crippen LogP) is 0.0863. The quantitative estimate of drug-likeness (QED) is 0.507. The second kappa shape index (κ2) is 7.35. The molecule has 0 aromatic heterocycles. The Morgan fingerprint density at radius 3 is 2.57 bits per heavy atom. The van der Waals surface area contributed by atoms with E-state index in [0.717, 1.165) is 25.6 Å². The molecule has 6 heteroatoms. The molecule has 0 radical (unpaired) electrons. The van der Waals surface area contributed by atoms with Gasteiger partial charge in [0.25, 0.3) is 0 Å². The van der Waals surface area contributed by atoms with Crippen molar-refractivity contribution in [3.05, 3.63) is 0 Å². The Balaban J connectivity index is 1.40. The average Bonchev–Trinajstić information content (AvgIpc) is 2.95. The molecule has 3 aliphatic rings. The Bertz CT molecular complexity index is 315. The van der Waals surface area contributed by atoms with Gasteiger partial charge in [0.05, 0.1) is 12.3 Å². The van der Waals surface area contributed by atoms with Crippen molar-refractivity contribution in [2.45, 2.75) is 64.1 Å². The lowest BCUT2D eigenvalue weighted by atomic mass is 9.77. The van der Waals surface area contributed by atoms with E-state index in [1.165, 1.54) is 25.7 Å². The number of piperazine rings is 1. The molecule has 5 N–H and O–H groups in total. The zero-order chi connectivity index (χ0) is 14.7. The van der Waals surface area contributed by atoms with Crippen molar-refractivity contribution in [3.63, 3.8) is 0 Å². The maximum atomic E-state index is 5.40. The summed E-state index contributed by atoms with van der Waals surface area (Å²) in [5.41, 5.74) is 3.14. The number of rotatable bonds is 4. The summed E-state index contributed by atoms with van der Waals surface area (Å²) in [5.74, 6) is 1.50. The summed E-state index contributed by atoms with van der Waals surface area (Å²) in [5, 5.41) is 14.2. The van der Waals surface area contributed by atoms with E-state index in [2.05, 4.69) is 40.6 Å². The first-order chi connectivity index (χ1) is 10.2. The van der Waals surface area contributed by atoms with Crippen LogP contribution in [0.2, 0.25) is 0 Å². The van der Waals surface area contributed by atoms with E-state index < -0.39 is 0 Å². The Kier molecular flexibility index (Phi) is 5.48. The Morgan fingerprint density at radius 1 is 1.14 bits per heavy atom. The highest BCUT2D eigenvalue weighted by Gasteiger charge is 2.33. The van der Waals surface area contributed by atoms with E-state index in [9.17, 15) is 0 Å². The van der Waals surface area contributed by atoms with Crippen LogP contribution in [0.15, 0.2) is 0 Å². The molecule has 1 saturated carbocycles. The molecule has 4 atom stereocenters. The van der Waals surface area contributed by atoms with Gasteiger partial charge in [-0.05, 0) is 51.4 Å². The van der Waals surface area contributed by atoms with Crippen LogP contribution in [0.25, 0.3) is 0 Å². The lowest BCUT2D eigenvalue weighted by Crippen LogP contribution is -2.58. The molecule has 0 bridgehead atoms. The molecule has 2 heterocycles. The molecule has 0 spiro atoms. The van der Waals surface area contributed by atoms with Crippen LogP contribution in [0.1, 0.15) is 39.5 Å². The third kappa shape index (κ3) is 4.15. The summed E-state index contributed by atoms with van der Waals surface area (Å²) in [6.07, 6.45) is 6.10. The molecule has 0 amide bonds. The van der Waals surface area contributed by atoms with Gasteiger partial charge in [0, 0.05) is 25.7 Å². The van der Waals surface area contributed by atoms with Gasteiger partial charge in [-0.2, -0.15) is 5.48 Å². The van der Waals surface area contributed by atoms with Crippen LogP contribution in [-0.4, -0.2) is 44.2 Å². The van der Waals surface area contributed by atoms with Gasteiger partial charge >= 0.3 is 0 Å². The summed E-state index contributed by atoms with van der Waals surface area (Å²) in [6.45, 7) is 7.58. The first-order valence-corrected chi connectivity index (χ1v) is 8.60. The third-order valence-electron chi connectivity index (χ3n) is 5.29. The smallest absolute Gasteiger partial charge is 0.128 e. The van der Waals surface area contributed by atoms with E-state index in [1.807, 2.05) is 0 Å². The van der Waals surface area contributed by atoms with Crippen LogP contribution < -0.4 is 26.7 Å². The molecule has 3 fully saturated rings. The zero-order valence-corrected chi connectivity index (χ0v) is 13.3. The second-order valence-electron chi connectivity index (χ2n) is 6.86. The average molecular weight is 297 g/mol. The molecule has 2 saturated heterocycles. The molecule has 3 unspecified atom stereocenters. The number of nitrogens with one attached hydrogen (secondary N) is 5. The lowest BCUT2D eigenvalue weighted by Gasteiger charge is -2.37. The topological polar surface area (TPSA) is 69.4 Å². The van der Waals surface area contributed by atoms with E-state index in [0.29, 0.717) is 24.3 Å². The summed E-state index contributed by atoms with van der Waals surface area (Å²) in [6, 6.07) is 0.586. The van der Waals surface area contributed by atoms with Gasteiger partial charge in [-0.25, -0.2) is 0 Å². The van der Waals surface area contributed by atoms with Gasteiger partial charge in [0.1, 0.15) is 6.23 Å². The highest BCUT2D eigenvalue weighted by molar-refractivity contribution is 4.86. The number of hydrogen-bond acceptors (Lipinski definition) is 6. The SMILES string of the molecule is CC1NC(C2CCC([C@@H](C)NC3CNCCN3)CC2)NO1. The van der Waals surface area contributed by atoms with E-state index >= 15 is 0 Å². The van der Waals surface area contributed by atoms with E-state index in [4.69, 9.17) is 4.84 Å². The van der Waals surface area contributed by atoms with Crippen molar-refractivity contribution in [1.29, 1.82) is 0 Å². The van der Waals surface area contributed by atoms with Crippen molar-refractivity contribution in [2.24, 2.45) is 11.8 Å². The van der Waals surface area contributed by atoms with Crippen LogP contribution in [-0.2, 0) is 4.84 Å². The molecule has 122 valence electrons. The molecule has 0 aromatic carbocycles. The molecular formula is C15H31N5O. The van der Waals surface area contributed by atoms with Gasteiger partial charge in [-0.3, -0.25) is 20.8 Å². The highest BCUT2D eigenvalue weighted by Crippen LogP contribution is 2.33. The summed E-state index contributed by atoms with van der Waals surface area (Å²) in [7, 11) is 0. The Hall–Kier alpha value is -0.240. The van der Waals surface area contributed by atoms with Gasteiger partial charge in [-0.15, -0.1) is 0 Å². The summed E-state index contributed by atoms with van der Waals surface area (Å²) >= 11 is 0. The summed E-state index contributed by atoms with van der Waals surface area (Å²) < 4.78 is 0. The van der Waals surface area contributed by atoms with Crippen LogP contribution in [0.3, 0.4) is 0 Å². The van der Waals surface area contributed by atoms with Crippen molar-refractivity contribution < 1.29 is 4.84 Å². The Labute approximate surface area is 128 Å². The zero-order valence-electron chi connectivity index (χ0n) is 13.3. The van der Waals surface area contributed by atoms with Crippen LogP contribution in [0.4, 0.5) is 0 Å². The fourth-order valence-electron chi connectivity index (χ4n) is 3.93. The first-order valence-electron chi connectivity index (χ1n) is 8.60. The fourth-order valence-corrected chi connectivity index (χ4v) is 3.93. The molecule has 21 heavy (non-hydrogen) atoms. The number of hydroxylamine groups is 1. The van der Waals surface area contributed by atoms with Crippen LogP contribution in [0, 0.1) is 11.8 Å². The minimum atomic E-state index is 0.137. The molecular weight excluding hydrogens is 266 g/mol. The predicted molar refractivity (Wildman–Crippen MR) is 83.3 cm³/mol. The van der Waals surface area contributed by atoms with Gasteiger partial charge in [0.2, 0.25) is 0 Å². The number of hydrogen-bond donors (Lipinski definition) is 5. The van der Waals surface area contributed by atoms with E-state index in [-0.39, 0.29) is 6.23 Å². The van der Waals surface area contributed by atoms with Crippen LogP contribution >= 0.6 is 0 Å². The fraction of sp³-hybridized carbons (Fsp3) is 1.00. The first kappa shape index (κ1) is 15.6. The summed E-state index contributed by atoms with van der Waals surface area (Å²) in [4.78, 5) is 5.40. The molecule has 0 aromatic rings. The molecule has 1 aliphatic carbocycles. The minimum absolute atomic E-state index is 0.137. The standard InChI is InChI=1S/C15H31N5O/c1-10(18-14-9-16-7-8-17-14)12-3-5-13(6-4-12)15-19-11(2)21-20-15/h10-20H,3-9H2,1-2H3/t10-,11?,12?,13?,14?,15?/m1/s1. The van der Waals surface area contributed by atoms with Crippen molar-refractivity contribution in [1.82, 2.24) is 26.7 Å². The van der Waals surface area contributed by atoms with Gasteiger partial charge in [-0.1, -0.05) is 0 Å². The highest BCUT2D eigenvalue weighted by atomic mass is 16.7. The maximum absolute atomic E-state index is 5.40. The molecule has 3 rings (SSSR count). The monoisotopic (exact) mass is 297 g/mol. The van der Waals surface area contributed by atoms with Crippen molar-refractivity contribution in [3.8, 4) is 0 Å². The lowest BCUT2D eigenvalue weighted by molar-refractivity contribution is 0.0247. The van der Waals surface area contributed by atoms with Gasteiger partial charge in [0.15, 0.2) is 0 Å². The van der Waals surface area contributed by atoms with Crippen LogP contribution in [0.5, 0.6) is 0 Å². The molecule has 2 aliphatic heterocycles. The normalized spacial score (nSPS) is 42.9. The molecule has 6 nitrogen and oxygen atoms in total. The second-order valence-corrected chi connectivity index (χ2v) is 6.86. The Morgan fingerprint density at radius 2 is 1.95 bits per heavy atom. The minimum Gasteiger partial charge on any atom is -0.313 e. The van der Waals surface area contributed by atoms with Crippen molar-refractivity contribution in [2.75, 3.05) is 19.6 Å². The van der Waals surface area contributed by atoms with Gasteiger partial charge < -0.3 is 5.32 Å². The maximum Gasteiger partial charge on any atom is 0.128 e.